The van der Waals surface area contributed by atoms with Gasteiger partial charge in [0.2, 0.25) is 15.9 Å². The van der Waals surface area contributed by atoms with Gasteiger partial charge in [0.1, 0.15) is 0 Å². The second-order valence-corrected chi connectivity index (χ2v) is 7.66. The van der Waals surface area contributed by atoms with Crippen LogP contribution >= 0.6 is 0 Å². The van der Waals surface area contributed by atoms with Crippen LogP contribution in [-0.2, 0) is 14.8 Å². The molecule has 1 aliphatic heterocycles. The molecule has 23 heavy (non-hydrogen) atoms. The number of amides is 1. The van der Waals surface area contributed by atoms with Crippen molar-refractivity contribution in [1.29, 1.82) is 0 Å². The van der Waals surface area contributed by atoms with Crippen molar-refractivity contribution in [3.63, 3.8) is 0 Å². The molecule has 0 radical (unpaired) electrons. The molecule has 1 aliphatic rings. The van der Waals surface area contributed by atoms with Crippen LogP contribution in [0.15, 0.2) is 29.2 Å². The third kappa shape index (κ3) is 5.93. The second kappa shape index (κ2) is 8.42. The molecule has 0 unspecified atom stereocenters. The number of carbonyl (C=O) groups excluding carboxylic acids is 1. The molecule has 1 aromatic carbocycles. The summed E-state index contributed by atoms with van der Waals surface area (Å²) in [5.74, 6) is -0.0542. The molecule has 0 atom stereocenters. The van der Waals surface area contributed by atoms with Gasteiger partial charge >= 0.3 is 0 Å². The highest BCUT2D eigenvalue weighted by atomic mass is 32.2. The first-order valence-corrected chi connectivity index (χ1v) is 9.51. The van der Waals surface area contributed by atoms with Crippen molar-refractivity contribution in [2.75, 3.05) is 32.7 Å². The van der Waals surface area contributed by atoms with E-state index in [1.165, 1.54) is 6.42 Å². The lowest BCUT2D eigenvalue weighted by atomic mass is 10.1. The van der Waals surface area contributed by atoms with Crippen molar-refractivity contribution in [2.24, 2.45) is 0 Å². The summed E-state index contributed by atoms with van der Waals surface area (Å²) in [6, 6.07) is 6.67. The predicted molar refractivity (Wildman–Crippen MR) is 89.7 cm³/mol. The number of benzene rings is 1. The van der Waals surface area contributed by atoms with E-state index in [0.29, 0.717) is 6.54 Å². The number of hydrogen-bond acceptors (Lipinski definition) is 4. The maximum absolute atomic E-state index is 12.1. The van der Waals surface area contributed by atoms with Crippen LogP contribution in [0, 0.1) is 6.92 Å². The highest BCUT2D eigenvalue weighted by molar-refractivity contribution is 7.89. The molecule has 0 spiro atoms. The predicted octanol–water partition coefficient (Wildman–Crippen LogP) is 0.875. The Labute approximate surface area is 138 Å². The van der Waals surface area contributed by atoms with Gasteiger partial charge in [-0.1, -0.05) is 24.1 Å². The number of carbonyl (C=O) groups is 1. The van der Waals surface area contributed by atoms with Gasteiger partial charge in [-0.25, -0.2) is 13.1 Å². The fraction of sp³-hybridized carbons (Fsp3) is 0.562. The van der Waals surface area contributed by atoms with Crippen LogP contribution in [0.4, 0.5) is 0 Å². The summed E-state index contributed by atoms with van der Waals surface area (Å²) in [6.45, 7) is 4.70. The maximum atomic E-state index is 12.1. The molecule has 1 saturated heterocycles. The lowest BCUT2D eigenvalue weighted by Gasteiger charge is -2.25. The third-order valence-corrected chi connectivity index (χ3v) is 5.36. The minimum atomic E-state index is -3.51. The molecule has 2 N–H and O–H groups in total. The Morgan fingerprint density at radius 2 is 1.74 bits per heavy atom. The minimum Gasteiger partial charge on any atom is -0.354 e. The van der Waals surface area contributed by atoms with Gasteiger partial charge < -0.3 is 5.32 Å². The molecule has 6 nitrogen and oxygen atoms in total. The molecule has 1 amide bonds. The van der Waals surface area contributed by atoms with E-state index < -0.39 is 10.0 Å². The van der Waals surface area contributed by atoms with Crippen molar-refractivity contribution < 1.29 is 13.2 Å². The van der Waals surface area contributed by atoms with Crippen molar-refractivity contribution in [3.05, 3.63) is 29.8 Å². The molecule has 7 heteroatoms. The summed E-state index contributed by atoms with van der Waals surface area (Å²) >= 11 is 0. The molecular formula is C16H25N3O3S. The largest absolute Gasteiger partial charge is 0.354 e. The van der Waals surface area contributed by atoms with E-state index in [9.17, 15) is 13.2 Å². The number of hydrogen-bond donors (Lipinski definition) is 2. The Morgan fingerprint density at radius 1 is 1.09 bits per heavy atom. The van der Waals surface area contributed by atoms with E-state index in [1.54, 1.807) is 24.3 Å². The molecule has 0 aromatic heterocycles. The van der Waals surface area contributed by atoms with Crippen LogP contribution in [-0.4, -0.2) is 51.9 Å². The quantitative estimate of drug-likeness (QED) is 0.723. The average molecular weight is 339 g/mol. The first kappa shape index (κ1) is 17.9. The molecule has 0 bridgehead atoms. The number of nitrogens with one attached hydrogen (secondary N) is 2. The fourth-order valence-electron chi connectivity index (χ4n) is 2.56. The fourth-order valence-corrected chi connectivity index (χ4v) is 3.60. The van der Waals surface area contributed by atoms with Crippen molar-refractivity contribution in [2.45, 2.75) is 31.1 Å². The van der Waals surface area contributed by atoms with E-state index >= 15 is 0 Å². The summed E-state index contributed by atoms with van der Waals surface area (Å²) in [5.41, 5.74) is 1.01. The van der Waals surface area contributed by atoms with Crippen LogP contribution in [0.5, 0.6) is 0 Å². The first-order chi connectivity index (χ1) is 11.0. The van der Waals surface area contributed by atoms with Gasteiger partial charge in [-0.05, 0) is 45.0 Å². The summed E-state index contributed by atoms with van der Waals surface area (Å²) in [6.07, 6.45) is 3.52. The van der Waals surface area contributed by atoms with Crippen molar-refractivity contribution >= 4 is 15.9 Å². The second-order valence-electron chi connectivity index (χ2n) is 5.90. The normalized spacial score (nSPS) is 16.2. The van der Waals surface area contributed by atoms with Gasteiger partial charge in [0, 0.05) is 13.1 Å². The van der Waals surface area contributed by atoms with Crippen LogP contribution < -0.4 is 10.0 Å². The standard InChI is InChI=1S/C16H25N3O3S/c1-14-5-7-15(8-6-14)23(21,22)18-10-9-17-16(20)13-19-11-3-2-4-12-19/h5-8,18H,2-4,9-13H2,1H3,(H,17,20). The molecular weight excluding hydrogens is 314 g/mol. The SMILES string of the molecule is Cc1ccc(S(=O)(=O)NCCNC(=O)CN2CCCCC2)cc1. The van der Waals surface area contributed by atoms with E-state index in [0.717, 1.165) is 31.5 Å². The smallest absolute Gasteiger partial charge is 0.240 e. The zero-order chi connectivity index (χ0) is 16.7. The molecule has 0 saturated carbocycles. The molecule has 1 heterocycles. The zero-order valence-corrected chi connectivity index (χ0v) is 14.4. The molecule has 1 fully saturated rings. The monoisotopic (exact) mass is 339 g/mol. The molecule has 2 rings (SSSR count). The van der Waals surface area contributed by atoms with Crippen molar-refractivity contribution in [3.8, 4) is 0 Å². The summed E-state index contributed by atoms with van der Waals surface area (Å²) < 4.78 is 26.6. The molecule has 128 valence electrons. The van der Waals surface area contributed by atoms with E-state index in [2.05, 4.69) is 14.9 Å². The highest BCUT2D eigenvalue weighted by Crippen LogP contribution is 2.09. The number of rotatable bonds is 7. The summed E-state index contributed by atoms with van der Waals surface area (Å²) in [7, 11) is -3.51. The third-order valence-electron chi connectivity index (χ3n) is 3.89. The van der Waals surface area contributed by atoms with Gasteiger partial charge in [-0.3, -0.25) is 9.69 Å². The maximum Gasteiger partial charge on any atom is 0.240 e. The number of aryl methyl sites for hydroxylation is 1. The number of likely N-dealkylation sites (tertiary alicyclic amines) is 1. The van der Waals surface area contributed by atoms with E-state index in [4.69, 9.17) is 0 Å². The van der Waals surface area contributed by atoms with Crippen LogP contribution in [0.25, 0.3) is 0 Å². The van der Waals surface area contributed by atoms with Gasteiger partial charge in [0.15, 0.2) is 0 Å². The Bertz CT molecular complexity index is 608. The number of nitrogens with zero attached hydrogens (tertiary/aromatic N) is 1. The molecule has 0 aliphatic carbocycles. The zero-order valence-electron chi connectivity index (χ0n) is 13.5. The van der Waals surface area contributed by atoms with Crippen molar-refractivity contribution in [1.82, 2.24) is 14.9 Å². The first-order valence-electron chi connectivity index (χ1n) is 8.03. The summed E-state index contributed by atoms with van der Waals surface area (Å²) in [4.78, 5) is 14.2. The Hall–Kier alpha value is -1.44. The van der Waals surface area contributed by atoms with Gasteiger partial charge in [-0.15, -0.1) is 0 Å². The Kier molecular flexibility index (Phi) is 6.56. The lowest BCUT2D eigenvalue weighted by molar-refractivity contribution is -0.122. The van der Waals surface area contributed by atoms with Gasteiger partial charge in [0.05, 0.1) is 11.4 Å². The average Bonchev–Trinajstić information content (AvgIpc) is 2.53. The van der Waals surface area contributed by atoms with Crippen LogP contribution in [0.1, 0.15) is 24.8 Å². The number of sulfonamides is 1. The van der Waals surface area contributed by atoms with Crippen LogP contribution in [0.2, 0.25) is 0 Å². The van der Waals surface area contributed by atoms with Gasteiger partial charge in [0.25, 0.3) is 0 Å². The lowest BCUT2D eigenvalue weighted by Crippen LogP contribution is -2.42. The Morgan fingerprint density at radius 3 is 2.39 bits per heavy atom. The van der Waals surface area contributed by atoms with Gasteiger partial charge in [-0.2, -0.15) is 0 Å². The van der Waals surface area contributed by atoms with Crippen LogP contribution in [0.3, 0.4) is 0 Å². The number of piperidine rings is 1. The minimum absolute atomic E-state index is 0.0542. The highest BCUT2D eigenvalue weighted by Gasteiger charge is 2.15. The Balaban J connectivity index is 1.69. The summed E-state index contributed by atoms with van der Waals surface area (Å²) in [5, 5.41) is 2.76. The topological polar surface area (TPSA) is 78.5 Å². The van der Waals surface area contributed by atoms with E-state index in [1.807, 2.05) is 6.92 Å². The molecule has 1 aromatic rings. The van der Waals surface area contributed by atoms with E-state index in [-0.39, 0.29) is 23.9 Å².